The third-order valence-corrected chi connectivity index (χ3v) is 6.73. The van der Waals surface area contributed by atoms with Crippen molar-refractivity contribution in [3.8, 4) is 0 Å². The van der Waals surface area contributed by atoms with Crippen LogP contribution in [-0.2, 0) is 34.7 Å². The number of aryl methyl sites for hydroxylation is 1. The number of hydrogen-bond acceptors (Lipinski definition) is 6. The Morgan fingerprint density at radius 3 is 2.70 bits per heavy atom. The van der Waals surface area contributed by atoms with Crippen molar-refractivity contribution in [3.63, 3.8) is 0 Å². The molecule has 0 bridgehead atoms. The summed E-state index contributed by atoms with van der Waals surface area (Å²) in [6.07, 6.45) is 5.24. The normalized spacial score (nSPS) is 23.4. The van der Waals surface area contributed by atoms with Crippen LogP contribution in [0.4, 0.5) is 0 Å². The molecule has 1 aliphatic carbocycles. The first-order valence-corrected chi connectivity index (χ1v) is 10.6. The van der Waals surface area contributed by atoms with Gasteiger partial charge in [0.25, 0.3) is 0 Å². The molecule has 1 fully saturated rings. The van der Waals surface area contributed by atoms with Gasteiger partial charge < -0.3 is 4.90 Å². The van der Waals surface area contributed by atoms with Gasteiger partial charge in [-0.15, -0.1) is 5.10 Å². The van der Waals surface area contributed by atoms with Gasteiger partial charge in [-0.25, -0.2) is 4.21 Å². The van der Waals surface area contributed by atoms with Crippen LogP contribution in [0.25, 0.3) is 0 Å². The van der Waals surface area contributed by atoms with Crippen LogP contribution < -0.4 is 0 Å². The molecule has 10 nitrogen and oxygen atoms in total. The van der Waals surface area contributed by atoms with Crippen LogP contribution in [0.3, 0.4) is 0 Å². The number of carbonyl (C=O) groups excluding carboxylic acids is 2. The molecule has 2 amide bonds. The third kappa shape index (κ3) is 3.27. The number of rotatable bonds is 3. The molecule has 0 saturated heterocycles. The molecule has 1 unspecified atom stereocenters. The summed E-state index contributed by atoms with van der Waals surface area (Å²) < 4.78 is 20.2. The molecule has 0 N–H and O–H groups in total. The molecule has 144 valence electrons. The number of hydrogen-bond donors (Lipinski definition) is 0. The molecule has 0 radical (unpaired) electrons. The van der Waals surface area contributed by atoms with Crippen LogP contribution in [0.1, 0.15) is 29.5 Å². The fraction of sp³-hybridized carbons (Fsp3) is 0.562. The second kappa shape index (κ2) is 6.25. The molecule has 0 spiro atoms. The fourth-order valence-electron chi connectivity index (χ4n) is 3.33. The second-order valence-corrected chi connectivity index (χ2v) is 9.46. The van der Waals surface area contributed by atoms with E-state index in [2.05, 4.69) is 26.7 Å². The molecule has 2 aliphatic rings. The average molecular weight is 391 g/mol. The van der Waals surface area contributed by atoms with Gasteiger partial charge in [0.15, 0.2) is 5.69 Å². The van der Waals surface area contributed by atoms with Crippen LogP contribution in [0.15, 0.2) is 21.7 Å². The number of nitrogens with zero attached hydrogens (tertiary/aromatic N) is 7. The van der Waals surface area contributed by atoms with Gasteiger partial charge in [0.1, 0.15) is 0 Å². The summed E-state index contributed by atoms with van der Waals surface area (Å²) in [5, 5.41) is 11.7. The zero-order valence-electron chi connectivity index (χ0n) is 15.4. The molecule has 1 aliphatic heterocycles. The van der Waals surface area contributed by atoms with E-state index >= 15 is 0 Å². The Morgan fingerprint density at radius 1 is 1.33 bits per heavy atom. The topological polar surface area (TPSA) is 115 Å². The lowest BCUT2D eigenvalue weighted by Gasteiger charge is -2.28. The maximum Gasteiger partial charge on any atom is 0.307 e. The van der Waals surface area contributed by atoms with Crippen LogP contribution in [0.5, 0.6) is 0 Å². The van der Waals surface area contributed by atoms with Gasteiger partial charge in [0, 0.05) is 25.8 Å². The Kier molecular flexibility index (Phi) is 4.13. The van der Waals surface area contributed by atoms with Crippen molar-refractivity contribution in [1.82, 2.24) is 29.7 Å². The van der Waals surface area contributed by atoms with E-state index < -0.39 is 15.6 Å². The van der Waals surface area contributed by atoms with Crippen molar-refractivity contribution in [2.45, 2.75) is 31.3 Å². The summed E-state index contributed by atoms with van der Waals surface area (Å²) >= 11 is 0. The lowest BCUT2D eigenvalue weighted by molar-refractivity contribution is -0.134. The third-order valence-electron chi connectivity index (χ3n) is 5.06. The van der Waals surface area contributed by atoms with E-state index in [4.69, 9.17) is 0 Å². The Bertz CT molecular complexity index is 1050. The van der Waals surface area contributed by atoms with Crippen molar-refractivity contribution in [2.75, 3.05) is 12.8 Å². The number of amides is 2. The summed E-state index contributed by atoms with van der Waals surface area (Å²) in [5.41, 5.74) is 0.707. The summed E-state index contributed by atoms with van der Waals surface area (Å²) in [6, 6.07) is 0. The van der Waals surface area contributed by atoms with Crippen LogP contribution in [-0.4, -0.2) is 58.5 Å². The van der Waals surface area contributed by atoms with E-state index in [9.17, 15) is 13.8 Å². The van der Waals surface area contributed by atoms with Gasteiger partial charge in [0.2, 0.25) is 5.91 Å². The van der Waals surface area contributed by atoms with Crippen LogP contribution in [0.2, 0.25) is 0 Å². The van der Waals surface area contributed by atoms with E-state index in [0.29, 0.717) is 36.1 Å². The molecular weight excluding hydrogens is 370 g/mol. The maximum atomic E-state index is 13.2. The van der Waals surface area contributed by atoms with Gasteiger partial charge in [-0.1, -0.05) is 12.1 Å². The van der Waals surface area contributed by atoms with Gasteiger partial charge >= 0.3 is 5.91 Å². The van der Waals surface area contributed by atoms with Crippen LogP contribution >= 0.6 is 0 Å². The lowest BCUT2D eigenvalue weighted by Crippen LogP contribution is -2.40. The average Bonchev–Trinajstić information content (AvgIpc) is 3.01. The zero-order valence-corrected chi connectivity index (χ0v) is 16.2. The maximum absolute atomic E-state index is 13.2. The van der Waals surface area contributed by atoms with Crippen molar-refractivity contribution in [1.29, 1.82) is 0 Å². The zero-order chi connectivity index (χ0) is 19.3. The first kappa shape index (κ1) is 17.8. The highest BCUT2D eigenvalue weighted by atomic mass is 32.2. The summed E-state index contributed by atoms with van der Waals surface area (Å²) in [6.45, 7) is 3.52. The highest BCUT2D eigenvalue weighted by molar-refractivity contribution is 7.93. The first-order chi connectivity index (χ1) is 12.8. The minimum atomic E-state index is -3.03. The molecule has 3 atom stereocenters. The number of aromatic nitrogens is 5. The van der Waals surface area contributed by atoms with Gasteiger partial charge in [-0.2, -0.15) is 9.46 Å². The van der Waals surface area contributed by atoms with Crippen molar-refractivity contribution >= 4 is 21.5 Å². The second-order valence-electron chi connectivity index (χ2n) is 7.23. The quantitative estimate of drug-likeness (QED) is 0.743. The van der Waals surface area contributed by atoms with Gasteiger partial charge in [-0.05, 0) is 12.3 Å². The molecule has 1 saturated carbocycles. The summed E-state index contributed by atoms with van der Waals surface area (Å²) in [7, 11) is -1.40. The minimum Gasteiger partial charge on any atom is -0.335 e. The molecule has 11 heteroatoms. The van der Waals surface area contributed by atoms with E-state index in [1.165, 1.54) is 23.3 Å². The minimum absolute atomic E-state index is 0.0348. The van der Waals surface area contributed by atoms with Gasteiger partial charge in [0.05, 0.1) is 45.8 Å². The van der Waals surface area contributed by atoms with Crippen molar-refractivity contribution in [3.05, 3.63) is 23.8 Å². The molecule has 2 aromatic heterocycles. The predicted molar refractivity (Wildman–Crippen MR) is 95.0 cm³/mol. The molecule has 3 heterocycles. The Hall–Kier alpha value is -2.56. The summed E-state index contributed by atoms with van der Waals surface area (Å²) in [4.78, 5) is 27.0. The molecule has 2 aromatic rings. The monoisotopic (exact) mass is 391 g/mol. The summed E-state index contributed by atoms with van der Waals surface area (Å²) in [5.74, 6) is -0.0298. The lowest BCUT2D eigenvalue weighted by atomic mass is 10.2. The first-order valence-electron chi connectivity index (χ1n) is 8.72. The molecule has 0 aromatic carbocycles. The van der Waals surface area contributed by atoms with Gasteiger partial charge in [-0.3, -0.25) is 19.0 Å². The van der Waals surface area contributed by atoms with Crippen molar-refractivity contribution < 1.29 is 13.8 Å². The Labute approximate surface area is 156 Å². The SMILES string of the molecule is C[C@H]1C[C@@H]1C(=O)N1CCn2ncc(S(C)(=O)=NC(=O)c3cn(C)nn3)c2C1. The highest BCUT2D eigenvalue weighted by Gasteiger charge is 2.42. The smallest absolute Gasteiger partial charge is 0.307 e. The molecule has 4 rings (SSSR count). The molecular formula is C16H21N7O3S. The number of fused-ring (bicyclic) bond motifs is 1. The van der Waals surface area contributed by atoms with E-state index in [0.717, 1.165) is 6.42 Å². The van der Waals surface area contributed by atoms with Crippen molar-refractivity contribution in [2.24, 2.45) is 23.2 Å². The van der Waals surface area contributed by atoms with E-state index in [-0.39, 0.29) is 17.5 Å². The van der Waals surface area contributed by atoms with E-state index in [1.54, 1.807) is 16.6 Å². The molecule has 27 heavy (non-hydrogen) atoms. The van der Waals surface area contributed by atoms with Crippen LogP contribution in [0, 0.1) is 11.8 Å². The number of carbonyl (C=O) groups is 2. The highest BCUT2D eigenvalue weighted by Crippen LogP contribution is 2.40. The van der Waals surface area contributed by atoms with E-state index in [1.807, 2.05) is 0 Å². The Balaban J connectivity index is 1.63. The largest absolute Gasteiger partial charge is 0.335 e. The predicted octanol–water partition coefficient (Wildman–Crippen LogP) is 0.307. The standard InChI is InChI=1S/C16H21N7O3S/c1-10-6-11(10)16(25)22-4-5-23-13(9-22)14(7-17-23)27(3,26)19-15(24)12-8-21(2)20-18-12/h7-8,10-11H,4-6,9H2,1-3H3/t10-,11-,27?/m0/s1. The fourth-order valence-corrected chi connectivity index (χ4v) is 4.68. The Morgan fingerprint density at radius 2 is 2.07 bits per heavy atom.